The Kier molecular flexibility index (Phi) is 5.74. The maximum atomic E-state index is 12.9. The Morgan fingerprint density at radius 3 is 2.17 bits per heavy atom. The Morgan fingerprint density at radius 1 is 1.13 bits per heavy atom. The van der Waals surface area contributed by atoms with E-state index >= 15 is 0 Å². The average molecular weight is 320 g/mol. The molecule has 1 aliphatic carbocycles. The summed E-state index contributed by atoms with van der Waals surface area (Å²) in [5, 5.41) is 2.83. The van der Waals surface area contributed by atoms with E-state index < -0.39 is 5.41 Å². The molecule has 5 heteroatoms. The number of amides is 2. The van der Waals surface area contributed by atoms with E-state index in [0.717, 1.165) is 18.4 Å². The van der Waals surface area contributed by atoms with Gasteiger partial charge in [0.05, 0.1) is 0 Å². The predicted molar refractivity (Wildman–Crippen MR) is 87.1 cm³/mol. The molecule has 1 aromatic carbocycles. The second-order valence-corrected chi connectivity index (χ2v) is 6.18. The second-order valence-electron chi connectivity index (χ2n) is 6.18. The van der Waals surface area contributed by atoms with Crippen molar-refractivity contribution in [2.75, 3.05) is 13.1 Å². The van der Waals surface area contributed by atoms with Crippen LogP contribution in [0.3, 0.4) is 0 Å². The monoisotopic (exact) mass is 320 g/mol. The third kappa shape index (κ3) is 4.09. The molecule has 2 amide bonds. The zero-order chi connectivity index (χ0) is 16.9. The largest absolute Gasteiger partial charge is 0.351 e. The van der Waals surface area contributed by atoms with Crippen molar-refractivity contribution in [2.45, 2.75) is 46.1 Å². The minimum atomic E-state index is -0.871. The van der Waals surface area contributed by atoms with E-state index in [0.29, 0.717) is 32.5 Å². The Bertz CT molecular complexity index is 547. The molecule has 126 valence electrons. The van der Waals surface area contributed by atoms with Crippen LogP contribution in [0.2, 0.25) is 0 Å². The molecule has 4 nitrogen and oxygen atoms in total. The zero-order valence-electron chi connectivity index (χ0n) is 13.9. The van der Waals surface area contributed by atoms with E-state index in [9.17, 15) is 14.0 Å². The third-order valence-electron chi connectivity index (χ3n) is 4.23. The molecule has 1 saturated carbocycles. The van der Waals surface area contributed by atoms with Gasteiger partial charge < -0.3 is 10.2 Å². The number of hydrogen-bond donors (Lipinski definition) is 1. The molecule has 23 heavy (non-hydrogen) atoms. The number of benzene rings is 1. The topological polar surface area (TPSA) is 49.4 Å². The molecule has 2 rings (SSSR count). The van der Waals surface area contributed by atoms with Crippen molar-refractivity contribution in [3.05, 3.63) is 35.6 Å². The number of carbonyl (C=O) groups is 2. The molecule has 1 fully saturated rings. The molecule has 1 aliphatic rings. The van der Waals surface area contributed by atoms with E-state index in [-0.39, 0.29) is 17.6 Å². The van der Waals surface area contributed by atoms with Crippen LogP contribution in [-0.2, 0) is 16.1 Å². The molecule has 0 radical (unpaired) electrons. The van der Waals surface area contributed by atoms with Crippen LogP contribution in [0.1, 0.15) is 45.1 Å². The maximum absolute atomic E-state index is 12.9. The summed E-state index contributed by atoms with van der Waals surface area (Å²) < 4.78 is 12.9. The molecule has 1 N–H and O–H groups in total. The first-order valence-electron chi connectivity index (χ1n) is 8.35. The van der Waals surface area contributed by atoms with Crippen LogP contribution in [0.5, 0.6) is 0 Å². The van der Waals surface area contributed by atoms with E-state index in [1.807, 2.05) is 18.7 Å². The van der Waals surface area contributed by atoms with Crippen LogP contribution in [0.4, 0.5) is 4.39 Å². The van der Waals surface area contributed by atoms with Gasteiger partial charge in [0.15, 0.2) is 0 Å². The highest BCUT2D eigenvalue weighted by Crippen LogP contribution is 2.47. The molecule has 0 aromatic heterocycles. The van der Waals surface area contributed by atoms with Crippen LogP contribution in [0.25, 0.3) is 0 Å². The zero-order valence-corrected chi connectivity index (χ0v) is 13.9. The van der Waals surface area contributed by atoms with Crippen molar-refractivity contribution in [3.8, 4) is 0 Å². The average Bonchev–Trinajstić information content (AvgIpc) is 3.35. The molecule has 0 saturated heterocycles. The number of nitrogens with zero attached hydrogens (tertiary/aromatic N) is 1. The lowest BCUT2D eigenvalue weighted by molar-refractivity contribution is -0.144. The fraction of sp³-hybridized carbons (Fsp3) is 0.556. The van der Waals surface area contributed by atoms with Crippen molar-refractivity contribution < 1.29 is 14.0 Å². The summed E-state index contributed by atoms with van der Waals surface area (Å²) in [7, 11) is 0. The minimum Gasteiger partial charge on any atom is -0.351 e. The highest BCUT2D eigenvalue weighted by Gasteiger charge is 2.57. The van der Waals surface area contributed by atoms with E-state index in [4.69, 9.17) is 0 Å². The molecule has 0 atom stereocenters. The fourth-order valence-electron chi connectivity index (χ4n) is 2.77. The van der Waals surface area contributed by atoms with Gasteiger partial charge in [0.25, 0.3) is 0 Å². The summed E-state index contributed by atoms with van der Waals surface area (Å²) in [5.41, 5.74) is -0.0494. The highest BCUT2D eigenvalue weighted by molar-refractivity contribution is 6.07. The van der Waals surface area contributed by atoms with Gasteiger partial charge in [-0.1, -0.05) is 26.0 Å². The van der Waals surface area contributed by atoms with Crippen molar-refractivity contribution >= 4 is 11.8 Å². The van der Waals surface area contributed by atoms with Gasteiger partial charge in [0.1, 0.15) is 11.2 Å². The number of rotatable bonds is 8. The number of carbonyl (C=O) groups excluding carboxylic acids is 2. The minimum absolute atomic E-state index is 0.0437. The van der Waals surface area contributed by atoms with Gasteiger partial charge in [-0.3, -0.25) is 9.59 Å². The SMILES string of the molecule is CCCN(CCC)C(=O)C1(C(=O)NCc2ccc(F)cc2)CC1. The van der Waals surface area contributed by atoms with E-state index in [1.54, 1.807) is 12.1 Å². The lowest BCUT2D eigenvalue weighted by Gasteiger charge is -2.26. The van der Waals surface area contributed by atoms with Crippen molar-refractivity contribution in [1.82, 2.24) is 10.2 Å². The van der Waals surface area contributed by atoms with Crippen LogP contribution in [0.15, 0.2) is 24.3 Å². The second kappa shape index (κ2) is 7.57. The quantitative estimate of drug-likeness (QED) is 0.749. The first kappa shape index (κ1) is 17.4. The first-order chi connectivity index (χ1) is 11.0. The summed E-state index contributed by atoms with van der Waals surface area (Å²) >= 11 is 0. The van der Waals surface area contributed by atoms with Gasteiger partial charge >= 0.3 is 0 Å². The Morgan fingerprint density at radius 2 is 1.70 bits per heavy atom. The summed E-state index contributed by atoms with van der Waals surface area (Å²) in [6.45, 7) is 5.77. The Balaban J connectivity index is 1.97. The van der Waals surface area contributed by atoms with Crippen molar-refractivity contribution in [2.24, 2.45) is 5.41 Å². The van der Waals surface area contributed by atoms with Gasteiger partial charge in [0, 0.05) is 19.6 Å². The first-order valence-corrected chi connectivity index (χ1v) is 8.35. The van der Waals surface area contributed by atoms with Gasteiger partial charge in [-0.15, -0.1) is 0 Å². The van der Waals surface area contributed by atoms with Gasteiger partial charge in [-0.05, 0) is 43.4 Å². The highest BCUT2D eigenvalue weighted by atomic mass is 19.1. The number of halogens is 1. The lowest BCUT2D eigenvalue weighted by Crippen LogP contribution is -2.45. The molecule has 0 spiro atoms. The lowest BCUT2D eigenvalue weighted by atomic mass is 10.0. The van der Waals surface area contributed by atoms with Crippen LogP contribution >= 0.6 is 0 Å². The van der Waals surface area contributed by atoms with Crippen molar-refractivity contribution in [3.63, 3.8) is 0 Å². The smallest absolute Gasteiger partial charge is 0.238 e. The predicted octanol–water partition coefficient (Wildman–Crippen LogP) is 2.87. The summed E-state index contributed by atoms with van der Waals surface area (Å²) in [6, 6.07) is 6.00. The number of hydrogen-bond acceptors (Lipinski definition) is 2. The summed E-state index contributed by atoms with van der Waals surface area (Å²) in [6.07, 6.45) is 3.01. The van der Waals surface area contributed by atoms with Crippen molar-refractivity contribution in [1.29, 1.82) is 0 Å². The normalized spacial score (nSPS) is 15.1. The molecule has 0 bridgehead atoms. The van der Waals surface area contributed by atoms with Crippen LogP contribution in [0, 0.1) is 11.2 Å². The molecule has 0 aliphatic heterocycles. The third-order valence-corrected chi connectivity index (χ3v) is 4.23. The molecular weight excluding hydrogens is 295 g/mol. The van der Waals surface area contributed by atoms with Gasteiger partial charge in [-0.25, -0.2) is 4.39 Å². The molecule has 1 aromatic rings. The van der Waals surface area contributed by atoms with Crippen LogP contribution in [-0.4, -0.2) is 29.8 Å². The molecule has 0 unspecified atom stereocenters. The Labute approximate surface area is 137 Å². The molecular formula is C18H25FN2O2. The van der Waals surface area contributed by atoms with E-state index in [2.05, 4.69) is 5.32 Å². The Hall–Kier alpha value is -1.91. The van der Waals surface area contributed by atoms with Gasteiger partial charge in [0.2, 0.25) is 11.8 Å². The standard InChI is InChI=1S/C18H25FN2O2/c1-3-11-21(12-4-2)17(23)18(9-10-18)16(22)20-13-14-5-7-15(19)8-6-14/h5-8H,3-4,9-13H2,1-2H3,(H,20,22). The summed E-state index contributed by atoms with van der Waals surface area (Å²) in [4.78, 5) is 27.0. The van der Waals surface area contributed by atoms with Gasteiger partial charge in [-0.2, -0.15) is 0 Å². The van der Waals surface area contributed by atoms with E-state index in [1.165, 1.54) is 12.1 Å². The fourth-order valence-corrected chi connectivity index (χ4v) is 2.77. The number of nitrogens with one attached hydrogen (secondary N) is 1. The molecule has 0 heterocycles. The summed E-state index contributed by atoms with van der Waals surface area (Å²) in [5.74, 6) is -0.550. The maximum Gasteiger partial charge on any atom is 0.238 e. The van der Waals surface area contributed by atoms with Crippen LogP contribution < -0.4 is 5.32 Å².